The Balaban J connectivity index is 1.26. The van der Waals surface area contributed by atoms with E-state index in [9.17, 15) is 9.59 Å². The molecule has 6 heteroatoms. The van der Waals surface area contributed by atoms with Gasteiger partial charge in [0.1, 0.15) is 0 Å². The minimum Gasteiger partial charge on any atom is -0.448 e. The molecule has 0 N–H and O–H groups in total. The van der Waals surface area contributed by atoms with Crippen molar-refractivity contribution >= 4 is 11.7 Å². The number of benzene rings is 1. The summed E-state index contributed by atoms with van der Waals surface area (Å²) in [4.78, 5) is 31.6. The van der Waals surface area contributed by atoms with Crippen molar-refractivity contribution < 1.29 is 19.1 Å². The first-order chi connectivity index (χ1) is 20.0. The van der Waals surface area contributed by atoms with Crippen LogP contribution in [0.15, 0.2) is 22.8 Å². The second kappa shape index (κ2) is 9.70. The second-order valence-electron chi connectivity index (χ2n) is 14.8. The number of allylic oxidation sites excluding steroid dienone is 3. The molecule has 5 aliphatic carbocycles. The normalized spacial score (nSPS) is 32.7. The molecule has 6 nitrogen and oxygen atoms in total. The molecule has 0 saturated heterocycles. The summed E-state index contributed by atoms with van der Waals surface area (Å²) in [5.74, 6) is 1.62. The Hall–Kier alpha value is -2.60. The SMILES string of the molecule is CC1=CC(C)=C(CN2CCc3c(c(C)c4c(c3C3CCCC3)OC(C)(C35CCC(N(C)C)(CC3)CC5)O4)C2=O)C(=O)C1. The number of amides is 1. The summed E-state index contributed by atoms with van der Waals surface area (Å²) in [6, 6.07) is 0. The quantitative estimate of drug-likeness (QED) is 0.379. The predicted molar refractivity (Wildman–Crippen MR) is 164 cm³/mol. The fraction of sp³-hybridized carbons (Fsp3) is 0.667. The van der Waals surface area contributed by atoms with E-state index in [0.717, 1.165) is 77.9 Å². The molecule has 0 spiro atoms. The number of rotatable bonds is 5. The van der Waals surface area contributed by atoms with Gasteiger partial charge in [0.15, 0.2) is 17.3 Å². The van der Waals surface area contributed by atoms with Gasteiger partial charge in [-0.1, -0.05) is 24.5 Å². The summed E-state index contributed by atoms with van der Waals surface area (Å²) >= 11 is 0. The van der Waals surface area contributed by atoms with Crippen LogP contribution in [0.3, 0.4) is 0 Å². The maximum atomic E-state index is 14.3. The fourth-order valence-corrected chi connectivity index (χ4v) is 9.62. The number of ketones is 1. The van der Waals surface area contributed by atoms with E-state index in [4.69, 9.17) is 9.47 Å². The van der Waals surface area contributed by atoms with Crippen LogP contribution in [0.25, 0.3) is 0 Å². The molecule has 7 aliphatic rings. The zero-order valence-corrected chi connectivity index (χ0v) is 26.6. The molecule has 0 radical (unpaired) electrons. The smallest absolute Gasteiger partial charge is 0.254 e. The minimum absolute atomic E-state index is 0.0172. The summed E-state index contributed by atoms with van der Waals surface area (Å²) in [6.07, 6.45) is 14.9. The highest BCUT2D eigenvalue weighted by molar-refractivity contribution is 6.03. The lowest BCUT2D eigenvalue weighted by Gasteiger charge is -2.59. The lowest BCUT2D eigenvalue weighted by molar-refractivity contribution is -0.212. The molecular weight excluding hydrogens is 524 g/mol. The lowest BCUT2D eigenvalue weighted by Crippen LogP contribution is -2.62. The van der Waals surface area contributed by atoms with Gasteiger partial charge in [0.05, 0.1) is 0 Å². The Kier molecular flexibility index (Phi) is 6.51. The zero-order valence-electron chi connectivity index (χ0n) is 26.6. The second-order valence-corrected chi connectivity index (χ2v) is 14.8. The third-order valence-corrected chi connectivity index (χ3v) is 12.5. The molecule has 8 rings (SSSR count). The molecular formula is C36H48N2O4. The van der Waals surface area contributed by atoms with Gasteiger partial charge in [-0.15, -0.1) is 0 Å². The van der Waals surface area contributed by atoms with Crippen LogP contribution in [0.1, 0.15) is 124 Å². The van der Waals surface area contributed by atoms with E-state index in [0.29, 0.717) is 31.0 Å². The van der Waals surface area contributed by atoms with Gasteiger partial charge in [0.2, 0.25) is 0 Å². The minimum atomic E-state index is -0.723. The van der Waals surface area contributed by atoms with Crippen molar-refractivity contribution in [3.8, 4) is 11.5 Å². The van der Waals surface area contributed by atoms with Crippen molar-refractivity contribution in [2.75, 3.05) is 27.2 Å². The Labute approximate surface area is 251 Å². The van der Waals surface area contributed by atoms with E-state index in [-0.39, 0.29) is 17.1 Å². The van der Waals surface area contributed by atoms with E-state index in [1.807, 2.05) is 18.7 Å². The van der Waals surface area contributed by atoms with Crippen LogP contribution in [0.5, 0.6) is 11.5 Å². The van der Waals surface area contributed by atoms with Crippen LogP contribution in [-0.2, 0) is 11.2 Å². The number of hydrogen-bond donors (Lipinski definition) is 0. The van der Waals surface area contributed by atoms with Crippen molar-refractivity contribution in [1.29, 1.82) is 0 Å². The Bertz CT molecular complexity index is 1400. The fourth-order valence-electron chi connectivity index (χ4n) is 9.62. The van der Waals surface area contributed by atoms with Gasteiger partial charge in [-0.05, 0) is 110 Å². The summed E-state index contributed by atoms with van der Waals surface area (Å²) < 4.78 is 14.2. The topological polar surface area (TPSA) is 59.1 Å². The van der Waals surface area contributed by atoms with Crippen molar-refractivity contribution in [2.45, 2.75) is 122 Å². The van der Waals surface area contributed by atoms with Gasteiger partial charge in [0.25, 0.3) is 11.7 Å². The molecule has 42 heavy (non-hydrogen) atoms. The molecule has 0 aromatic heterocycles. The third kappa shape index (κ3) is 3.99. The highest BCUT2D eigenvalue weighted by atomic mass is 16.7. The zero-order chi connectivity index (χ0) is 29.6. The Morgan fingerprint density at radius 1 is 0.952 bits per heavy atom. The molecule has 1 atom stereocenters. The summed E-state index contributed by atoms with van der Waals surface area (Å²) in [5, 5.41) is 0. The molecule has 1 aromatic rings. The first kappa shape index (κ1) is 28.2. The van der Waals surface area contributed by atoms with Crippen molar-refractivity contribution in [1.82, 2.24) is 9.80 Å². The highest BCUT2D eigenvalue weighted by Crippen LogP contribution is 2.64. The number of nitrogens with zero attached hydrogens (tertiary/aromatic N) is 2. The number of carbonyl (C=O) groups excluding carboxylic acids is 2. The molecule has 2 heterocycles. The molecule has 4 saturated carbocycles. The standard InChI is InChI=1S/C36H48N2O4/c1-22-19-23(2)27(28(39)20-22)21-38-18-11-26-29(33(38)40)24(3)31-32(30(26)25-9-7-8-10-25)42-34(4,41-31)35-12-15-36(16-13-35,17-14-35)37(5)6/h19,25H,7-18,20-21H2,1-6H3. The van der Waals surface area contributed by atoms with Crippen molar-refractivity contribution in [3.05, 3.63) is 45.0 Å². The van der Waals surface area contributed by atoms with Crippen LogP contribution in [0.2, 0.25) is 0 Å². The predicted octanol–water partition coefficient (Wildman–Crippen LogP) is 7.03. The van der Waals surface area contributed by atoms with Crippen LogP contribution in [-0.4, -0.2) is 60.0 Å². The van der Waals surface area contributed by atoms with Gasteiger partial charge in [-0.2, -0.15) is 0 Å². The van der Waals surface area contributed by atoms with E-state index >= 15 is 0 Å². The average Bonchev–Trinajstić information content (AvgIpc) is 3.62. The maximum absolute atomic E-state index is 14.3. The first-order valence-electron chi connectivity index (χ1n) is 16.4. The lowest BCUT2D eigenvalue weighted by atomic mass is 9.54. The molecule has 1 aromatic carbocycles. The van der Waals surface area contributed by atoms with Crippen LogP contribution in [0, 0.1) is 12.3 Å². The highest BCUT2D eigenvalue weighted by Gasteiger charge is 2.63. The molecule has 2 aliphatic heterocycles. The number of carbonyl (C=O) groups is 2. The summed E-state index contributed by atoms with van der Waals surface area (Å²) in [5.41, 5.74) is 7.32. The van der Waals surface area contributed by atoms with Crippen LogP contribution < -0.4 is 9.47 Å². The number of fused-ring (bicyclic) bond motifs is 5. The van der Waals surface area contributed by atoms with Crippen molar-refractivity contribution in [2.24, 2.45) is 5.41 Å². The van der Waals surface area contributed by atoms with E-state index in [2.05, 4.69) is 38.9 Å². The molecule has 4 fully saturated rings. The number of ether oxygens (including phenoxy) is 2. The Morgan fingerprint density at radius 3 is 2.21 bits per heavy atom. The molecule has 2 bridgehead atoms. The molecule has 226 valence electrons. The van der Waals surface area contributed by atoms with E-state index in [1.54, 1.807) is 0 Å². The van der Waals surface area contributed by atoms with E-state index in [1.165, 1.54) is 43.2 Å². The van der Waals surface area contributed by atoms with Gasteiger partial charge < -0.3 is 19.3 Å². The van der Waals surface area contributed by atoms with Gasteiger partial charge in [-0.25, -0.2) is 0 Å². The molecule has 1 unspecified atom stereocenters. The summed E-state index contributed by atoms with van der Waals surface area (Å²) in [7, 11) is 4.47. The number of hydrogen-bond acceptors (Lipinski definition) is 5. The summed E-state index contributed by atoms with van der Waals surface area (Å²) in [6.45, 7) is 9.26. The van der Waals surface area contributed by atoms with Gasteiger partial charge in [-0.3, -0.25) is 9.59 Å². The number of Topliss-reactive ketones (excluding diaryl/α,β-unsaturated/α-hetero) is 1. The third-order valence-electron chi connectivity index (χ3n) is 12.5. The largest absolute Gasteiger partial charge is 0.448 e. The van der Waals surface area contributed by atoms with Crippen LogP contribution in [0.4, 0.5) is 0 Å². The Morgan fingerprint density at radius 2 is 1.60 bits per heavy atom. The van der Waals surface area contributed by atoms with Crippen LogP contribution >= 0.6 is 0 Å². The van der Waals surface area contributed by atoms with Gasteiger partial charge in [0, 0.05) is 59.7 Å². The monoisotopic (exact) mass is 572 g/mol. The van der Waals surface area contributed by atoms with Gasteiger partial charge >= 0.3 is 0 Å². The molecule has 1 amide bonds. The van der Waals surface area contributed by atoms with E-state index < -0.39 is 5.79 Å². The van der Waals surface area contributed by atoms with Crippen molar-refractivity contribution in [3.63, 3.8) is 0 Å². The average molecular weight is 573 g/mol. The maximum Gasteiger partial charge on any atom is 0.254 e. The first-order valence-corrected chi connectivity index (χ1v) is 16.4.